The Hall–Kier alpha value is -1.86. The number of benzene rings is 2. The smallest absolute Gasteiger partial charge is 0.174 e. The number of methoxy groups -OCH3 is 2. The van der Waals surface area contributed by atoms with E-state index in [4.69, 9.17) is 9.47 Å². The van der Waals surface area contributed by atoms with Crippen LogP contribution in [0, 0.1) is 0 Å². The van der Waals surface area contributed by atoms with E-state index in [2.05, 4.69) is 36.4 Å². The van der Waals surface area contributed by atoms with Crippen LogP contribution in [0.3, 0.4) is 0 Å². The molecule has 6 rings (SSSR count). The van der Waals surface area contributed by atoms with Gasteiger partial charge < -0.3 is 9.47 Å². The molecule has 0 fully saturated rings. The molecular weight excluding hydrogens is 400 g/mol. The third kappa shape index (κ3) is 1.90. The molecule has 0 aliphatic heterocycles. The normalized spacial score (nSPS) is 12.2. The maximum absolute atomic E-state index is 5.45. The summed E-state index contributed by atoms with van der Waals surface area (Å²) in [5.41, 5.74) is 0. The average molecular weight is 413 g/mol. The maximum Gasteiger partial charge on any atom is 0.174 e. The second kappa shape index (κ2) is 5.33. The largest absolute Gasteiger partial charge is 0.487 e. The van der Waals surface area contributed by atoms with Crippen molar-refractivity contribution >= 4 is 95.1 Å². The number of hydrogen-bond donors (Lipinski definition) is 0. The number of rotatable bonds is 2. The summed E-state index contributed by atoms with van der Waals surface area (Å²) in [4.78, 5) is 0. The number of ether oxygens (including phenoxy) is 2. The van der Waals surface area contributed by atoms with Crippen LogP contribution in [-0.2, 0) is 0 Å². The topological polar surface area (TPSA) is 18.5 Å². The van der Waals surface area contributed by atoms with Crippen LogP contribution in [0.15, 0.2) is 36.4 Å². The molecule has 0 saturated heterocycles. The Morgan fingerprint density at radius 3 is 1.38 bits per heavy atom. The lowest BCUT2D eigenvalue weighted by atomic mass is 10.2. The zero-order chi connectivity index (χ0) is 17.4. The monoisotopic (exact) mass is 412 g/mol. The van der Waals surface area contributed by atoms with E-state index in [1.54, 1.807) is 36.9 Å². The van der Waals surface area contributed by atoms with Gasteiger partial charge in [0.25, 0.3) is 0 Å². The Bertz CT molecular complexity index is 1350. The molecule has 0 atom stereocenters. The van der Waals surface area contributed by atoms with E-state index in [0.29, 0.717) is 0 Å². The quantitative estimate of drug-likeness (QED) is 0.290. The predicted octanol–water partition coefficient (Wildman–Crippen LogP) is 7.72. The van der Waals surface area contributed by atoms with E-state index >= 15 is 0 Å². The first-order chi connectivity index (χ1) is 12.8. The highest BCUT2D eigenvalue weighted by Crippen LogP contribution is 2.51. The van der Waals surface area contributed by atoms with Crippen LogP contribution in [0.4, 0.5) is 0 Å². The van der Waals surface area contributed by atoms with Crippen molar-refractivity contribution in [3.8, 4) is 10.1 Å². The standard InChI is InChI=1S/C20H12O2S4/c1-21-13-7-9-3-5-11-17(15(9)23-13)25-20-12-6-4-10-8-14(22-2)24-16(10)18(12)26-19(11)20/h3-8H,1-2H3. The molecule has 0 N–H and O–H groups in total. The summed E-state index contributed by atoms with van der Waals surface area (Å²) in [6.07, 6.45) is 0. The minimum absolute atomic E-state index is 0.974. The van der Waals surface area contributed by atoms with Gasteiger partial charge in [-0.2, -0.15) is 0 Å². The van der Waals surface area contributed by atoms with Gasteiger partial charge in [-0.15, -0.1) is 22.7 Å². The summed E-state index contributed by atoms with van der Waals surface area (Å²) in [5, 5.41) is 7.20. The first kappa shape index (κ1) is 15.2. The van der Waals surface area contributed by atoms with Crippen LogP contribution in [0.1, 0.15) is 0 Å². The lowest BCUT2D eigenvalue weighted by molar-refractivity contribution is 0.427. The van der Waals surface area contributed by atoms with Gasteiger partial charge in [-0.05, 0) is 22.9 Å². The van der Waals surface area contributed by atoms with Crippen molar-refractivity contribution in [1.29, 1.82) is 0 Å². The second-order valence-corrected chi connectivity index (χ2v) is 10.2. The fraction of sp³-hybridized carbons (Fsp3) is 0.100. The van der Waals surface area contributed by atoms with Crippen molar-refractivity contribution in [2.75, 3.05) is 14.2 Å². The summed E-state index contributed by atoms with van der Waals surface area (Å²) >= 11 is 7.30. The molecule has 0 spiro atoms. The van der Waals surface area contributed by atoms with E-state index in [9.17, 15) is 0 Å². The molecule has 2 nitrogen and oxygen atoms in total. The zero-order valence-corrected chi connectivity index (χ0v) is 17.2. The molecule has 0 bridgehead atoms. The van der Waals surface area contributed by atoms with Crippen molar-refractivity contribution in [2.45, 2.75) is 0 Å². The molecule has 0 radical (unpaired) electrons. The summed E-state index contributed by atoms with van der Waals surface area (Å²) in [6, 6.07) is 13.2. The number of fused-ring (bicyclic) bond motifs is 9. The Labute approximate surface area is 164 Å². The summed E-state index contributed by atoms with van der Waals surface area (Å²) in [7, 11) is 3.48. The number of hydrogen-bond acceptors (Lipinski definition) is 6. The maximum atomic E-state index is 5.45. The van der Waals surface area contributed by atoms with Crippen molar-refractivity contribution < 1.29 is 9.47 Å². The zero-order valence-electron chi connectivity index (χ0n) is 13.9. The Balaban J connectivity index is 1.75. The number of thiophene rings is 4. The minimum atomic E-state index is 0.974. The van der Waals surface area contributed by atoms with Crippen LogP contribution in [0.25, 0.3) is 49.7 Å². The third-order valence-corrected chi connectivity index (χ3v) is 9.90. The molecule has 0 unspecified atom stereocenters. The van der Waals surface area contributed by atoms with Gasteiger partial charge in [-0.25, -0.2) is 0 Å². The van der Waals surface area contributed by atoms with Crippen molar-refractivity contribution in [1.82, 2.24) is 0 Å². The Morgan fingerprint density at radius 2 is 0.962 bits per heavy atom. The van der Waals surface area contributed by atoms with Crippen LogP contribution in [0.2, 0.25) is 0 Å². The van der Waals surface area contributed by atoms with Crippen molar-refractivity contribution in [3.63, 3.8) is 0 Å². The fourth-order valence-electron chi connectivity index (χ4n) is 3.52. The molecule has 6 heteroatoms. The fourth-order valence-corrected chi connectivity index (χ4v) is 8.59. The van der Waals surface area contributed by atoms with E-state index in [-0.39, 0.29) is 0 Å². The van der Waals surface area contributed by atoms with E-state index in [1.807, 2.05) is 22.7 Å². The lowest BCUT2D eigenvalue weighted by Gasteiger charge is -1.93. The molecular formula is C20H12O2S4. The molecule has 4 aromatic heterocycles. The van der Waals surface area contributed by atoms with Crippen LogP contribution >= 0.6 is 45.3 Å². The molecule has 4 heterocycles. The van der Waals surface area contributed by atoms with Crippen LogP contribution in [0.5, 0.6) is 10.1 Å². The average Bonchev–Trinajstić information content (AvgIpc) is 3.39. The van der Waals surface area contributed by atoms with Gasteiger partial charge in [0.15, 0.2) is 10.1 Å². The van der Waals surface area contributed by atoms with Crippen molar-refractivity contribution in [3.05, 3.63) is 36.4 Å². The summed E-state index contributed by atoms with van der Waals surface area (Å²) in [5.74, 6) is 0. The SMILES string of the molecule is COc1cc2ccc3c(sc4c5ccc6cc(OC)sc6c5sc34)c2s1. The Kier molecular flexibility index (Phi) is 3.12. The first-order valence-corrected chi connectivity index (χ1v) is 11.3. The molecule has 26 heavy (non-hydrogen) atoms. The van der Waals surface area contributed by atoms with Gasteiger partial charge in [-0.3, -0.25) is 0 Å². The van der Waals surface area contributed by atoms with Gasteiger partial charge in [0.05, 0.1) is 42.4 Å². The third-order valence-electron chi connectivity index (χ3n) is 4.74. The van der Waals surface area contributed by atoms with Crippen LogP contribution in [-0.4, -0.2) is 14.2 Å². The molecule has 6 aromatic rings. The lowest BCUT2D eigenvalue weighted by Crippen LogP contribution is -1.73. The molecule has 0 saturated carbocycles. The highest BCUT2D eigenvalue weighted by molar-refractivity contribution is 7.40. The van der Waals surface area contributed by atoms with Gasteiger partial charge in [0.2, 0.25) is 0 Å². The summed E-state index contributed by atoms with van der Waals surface area (Å²) in [6.45, 7) is 0. The molecule has 2 aromatic carbocycles. The van der Waals surface area contributed by atoms with Crippen molar-refractivity contribution in [2.24, 2.45) is 0 Å². The highest BCUT2D eigenvalue weighted by atomic mass is 32.1. The van der Waals surface area contributed by atoms with Gasteiger partial charge in [-0.1, -0.05) is 46.9 Å². The van der Waals surface area contributed by atoms with E-state index in [1.165, 1.54) is 49.7 Å². The molecule has 128 valence electrons. The van der Waals surface area contributed by atoms with Gasteiger partial charge >= 0.3 is 0 Å². The molecule has 0 aliphatic rings. The van der Waals surface area contributed by atoms with Crippen LogP contribution < -0.4 is 9.47 Å². The second-order valence-electron chi connectivity index (χ2n) is 6.12. The predicted molar refractivity (Wildman–Crippen MR) is 119 cm³/mol. The van der Waals surface area contributed by atoms with E-state index < -0.39 is 0 Å². The highest BCUT2D eigenvalue weighted by Gasteiger charge is 2.18. The Morgan fingerprint density at radius 1 is 0.538 bits per heavy atom. The van der Waals surface area contributed by atoms with Gasteiger partial charge in [0.1, 0.15) is 0 Å². The molecule has 0 aliphatic carbocycles. The van der Waals surface area contributed by atoms with Gasteiger partial charge in [0, 0.05) is 10.8 Å². The summed E-state index contributed by atoms with van der Waals surface area (Å²) < 4.78 is 19.1. The minimum Gasteiger partial charge on any atom is -0.487 e. The first-order valence-electron chi connectivity index (χ1n) is 8.08. The van der Waals surface area contributed by atoms with E-state index in [0.717, 1.165) is 10.1 Å². The molecule has 0 amide bonds.